The molecule has 0 aliphatic carbocycles. The smallest absolute Gasteiger partial charge is 0.331 e. The average molecular weight is 267 g/mol. The zero-order valence-corrected chi connectivity index (χ0v) is 10.8. The van der Waals surface area contributed by atoms with Gasteiger partial charge in [-0.1, -0.05) is 6.92 Å². The van der Waals surface area contributed by atoms with Crippen LogP contribution in [-0.2, 0) is 9.53 Å². The Labute approximate surface area is 111 Å². The Kier molecular flexibility index (Phi) is 4.16. The molecule has 1 aliphatic rings. The van der Waals surface area contributed by atoms with Crippen LogP contribution in [0.3, 0.4) is 0 Å². The van der Waals surface area contributed by atoms with Gasteiger partial charge >= 0.3 is 5.97 Å². The minimum atomic E-state index is -1.15. The molecule has 19 heavy (non-hydrogen) atoms. The molecule has 0 bridgehead atoms. The van der Waals surface area contributed by atoms with E-state index in [-0.39, 0.29) is 12.6 Å². The standard InChI is InChI=1S/C12H17N3O4/c1-2-6-19-9-3-5-13-11(14-9)15-12(10(16)17)4-7-18-8-12/h3,5H,2,4,6-8H2,1H3,(H,16,17)(H,13,14,15). The van der Waals surface area contributed by atoms with Crippen molar-refractivity contribution in [3.05, 3.63) is 12.3 Å². The molecule has 1 atom stereocenters. The second-order valence-electron chi connectivity index (χ2n) is 4.38. The van der Waals surface area contributed by atoms with E-state index in [1.54, 1.807) is 6.07 Å². The molecule has 104 valence electrons. The number of carboxylic acids is 1. The Hall–Kier alpha value is -1.89. The molecule has 0 amide bonds. The summed E-state index contributed by atoms with van der Waals surface area (Å²) >= 11 is 0. The van der Waals surface area contributed by atoms with Crippen LogP contribution in [-0.4, -0.2) is 46.4 Å². The van der Waals surface area contributed by atoms with Crippen molar-refractivity contribution in [3.8, 4) is 5.88 Å². The van der Waals surface area contributed by atoms with Crippen molar-refractivity contribution in [1.29, 1.82) is 0 Å². The molecule has 2 heterocycles. The molecule has 0 radical (unpaired) electrons. The predicted octanol–water partition coefficient (Wildman–Crippen LogP) is 0.921. The van der Waals surface area contributed by atoms with E-state index in [1.807, 2.05) is 6.92 Å². The topological polar surface area (TPSA) is 93.6 Å². The normalized spacial score (nSPS) is 22.2. The molecule has 2 rings (SSSR count). The minimum absolute atomic E-state index is 0.103. The highest BCUT2D eigenvalue weighted by Gasteiger charge is 2.43. The molecule has 7 nitrogen and oxygen atoms in total. The van der Waals surface area contributed by atoms with Gasteiger partial charge in [-0.25, -0.2) is 9.78 Å². The van der Waals surface area contributed by atoms with Crippen molar-refractivity contribution in [2.45, 2.75) is 25.3 Å². The number of nitrogens with zero attached hydrogens (tertiary/aromatic N) is 2. The van der Waals surface area contributed by atoms with E-state index in [0.29, 0.717) is 25.5 Å². The molecule has 1 saturated heterocycles. The number of anilines is 1. The quantitative estimate of drug-likeness (QED) is 0.791. The van der Waals surface area contributed by atoms with Crippen LogP contribution in [0.1, 0.15) is 19.8 Å². The number of hydrogen-bond donors (Lipinski definition) is 2. The maximum Gasteiger partial charge on any atom is 0.331 e. The number of nitrogens with one attached hydrogen (secondary N) is 1. The van der Waals surface area contributed by atoms with E-state index in [1.165, 1.54) is 6.20 Å². The molecule has 1 aromatic rings. The molecule has 1 aromatic heterocycles. The Morgan fingerprint density at radius 1 is 1.68 bits per heavy atom. The highest BCUT2D eigenvalue weighted by atomic mass is 16.5. The zero-order chi connectivity index (χ0) is 13.7. The average Bonchev–Trinajstić information content (AvgIpc) is 2.87. The van der Waals surface area contributed by atoms with Gasteiger partial charge in [-0.2, -0.15) is 4.98 Å². The summed E-state index contributed by atoms with van der Waals surface area (Å²) in [6.07, 6.45) is 2.79. The van der Waals surface area contributed by atoms with E-state index in [2.05, 4.69) is 15.3 Å². The Morgan fingerprint density at radius 3 is 3.16 bits per heavy atom. The van der Waals surface area contributed by atoms with Crippen LogP contribution in [0.5, 0.6) is 5.88 Å². The Morgan fingerprint density at radius 2 is 2.53 bits per heavy atom. The largest absolute Gasteiger partial charge is 0.479 e. The van der Waals surface area contributed by atoms with Gasteiger partial charge < -0.3 is 19.9 Å². The number of hydrogen-bond acceptors (Lipinski definition) is 6. The Balaban J connectivity index is 2.11. The lowest BCUT2D eigenvalue weighted by Crippen LogP contribution is -2.47. The van der Waals surface area contributed by atoms with E-state index < -0.39 is 11.5 Å². The van der Waals surface area contributed by atoms with Gasteiger partial charge in [-0.05, 0) is 6.42 Å². The highest BCUT2D eigenvalue weighted by Crippen LogP contribution is 2.23. The van der Waals surface area contributed by atoms with Crippen molar-refractivity contribution in [1.82, 2.24) is 9.97 Å². The monoisotopic (exact) mass is 267 g/mol. The van der Waals surface area contributed by atoms with Gasteiger partial charge in [0.1, 0.15) is 0 Å². The third-order valence-corrected chi connectivity index (χ3v) is 2.87. The van der Waals surface area contributed by atoms with Crippen molar-refractivity contribution in [2.75, 3.05) is 25.1 Å². The fraction of sp³-hybridized carbons (Fsp3) is 0.583. The van der Waals surface area contributed by atoms with Gasteiger partial charge in [-0.3, -0.25) is 0 Å². The first kappa shape index (κ1) is 13.5. The van der Waals surface area contributed by atoms with Crippen LogP contribution in [0.4, 0.5) is 5.95 Å². The molecular formula is C12H17N3O4. The van der Waals surface area contributed by atoms with Crippen molar-refractivity contribution in [2.24, 2.45) is 0 Å². The van der Waals surface area contributed by atoms with Gasteiger partial charge in [0.2, 0.25) is 11.8 Å². The molecule has 0 saturated carbocycles. The Bertz CT molecular complexity index is 446. The summed E-state index contributed by atoms with van der Waals surface area (Å²) in [7, 11) is 0. The third-order valence-electron chi connectivity index (χ3n) is 2.87. The second kappa shape index (κ2) is 5.83. The van der Waals surface area contributed by atoms with Crippen LogP contribution in [0.25, 0.3) is 0 Å². The van der Waals surface area contributed by atoms with Crippen LogP contribution in [0.2, 0.25) is 0 Å². The SMILES string of the molecule is CCCOc1ccnc(NC2(C(=O)O)CCOC2)n1. The number of aliphatic carboxylic acids is 1. The van der Waals surface area contributed by atoms with E-state index >= 15 is 0 Å². The van der Waals surface area contributed by atoms with Gasteiger partial charge in [0, 0.05) is 25.3 Å². The minimum Gasteiger partial charge on any atom is -0.479 e. The first-order chi connectivity index (χ1) is 9.16. The van der Waals surface area contributed by atoms with Gasteiger partial charge in [0.25, 0.3) is 0 Å². The second-order valence-corrected chi connectivity index (χ2v) is 4.38. The molecule has 1 fully saturated rings. The van der Waals surface area contributed by atoms with Gasteiger partial charge in [-0.15, -0.1) is 0 Å². The summed E-state index contributed by atoms with van der Waals surface area (Å²) in [6.45, 7) is 3.07. The van der Waals surface area contributed by atoms with Crippen LogP contribution < -0.4 is 10.1 Å². The highest BCUT2D eigenvalue weighted by molar-refractivity contribution is 5.82. The molecule has 1 aliphatic heterocycles. The maximum atomic E-state index is 11.4. The van der Waals surface area contributed by atoms with E-state index in [0.717, 1.165) is 6.42 Å². The van der Waals surface area contributed by atoms with Crippen LogP contribution in [0.15, 0.2) is 12.3 Å². The molecule has 2 N–H and O–H groups in total. The summed E-state index contributed by atoms with van der Waals surface area (Å²) < 4.78 is 10.5. The van der Waals surface area contributed by atoms with Gasteiger partial charge in [0.15, 0.2) is 5.54 Å². The van der Waals surface area contributed by atoms with Crippen molar-refractivity contribution >= 4 is 11.9 Å². The lowest BCUT2D eigenvalue weighted by atomic mass is 9.99. The molecule has 7 heteroatoms. The summed E-state index contributed by atoms with van der Waals surface area (Å²) in [4.78, 5) is 19.5. The lowest BCUT2D eigenvalue weighted by molar-refractivity contribution is -0.142. The van der Waals surface area contributed by atoms with Crippen molar-refractivity contribution < 1.29 is 19.4 Å². The number of rotatable bonds is 6. The summed E-state index contributed by atoms with van der Waals surface area (Å²) in [5.41, 5.74) is -1.15. The predicted molar refractivity (Wildman–Crippen MR) is 67.2 cm³/mol. The molecule has 1 unspecified atom stereocenters. The summed E-state index contributed by atoms with van der Waals surface area (Å²) in [5.74, 6) is -0.297. The van der Waals surface area contributed by atoms with Crippen LogP contribution in [0, 0.1) is 0 Å². The lowest BCUT2D eigenvalue weighted by Gasteiger charge is -2.23. The molecule has 0 spiro atoms. The fourth-order valence-corrected chi connectivity index (χ4v) is 1.79. The van der Waals surface area contributed by atoms with Crippen LogP contribution >= 0.6 is 0 Å². The number of carboxylic acid groups (broad SMARTS) is 1. The number of ether oxygens (including phenoxy) is 2. The van der Waals surface area contributed by atoms with Crippen molar-refractivity contribution in [3.63, 3.8) is 0 Å². The maximum absolute atomic E-state index is 11.4. The number of carbonyl (C=O) groups is 1. The van der Waals surface area contributed by atoms with E-state index in [9.17, 15) is 9.90 Å². The molecule has 0 aromatic carbocycles. The zero-order valence-electron chi connectivity index (χ0n) is 10.8. The first-order valence-electron chi connectivity index (χ1n) is 6.21. The third kappa shape index (κ3) is 3.11. The number of aromatic nitrogens is 2. The molecular weight excluding hydrogens is 250 g/mol. The van der Waals surface area contributed by atoms with E-state index in [4.69, 9.17) is 9.47 Å². The van der Waals surface area contributed by atoms with Gasteiger partial charge in [0.05, 0.1) is 13.2 Å². The first-order valence-corrected chi connectivity index (χ1v) is 6.21. The summed E-state index contributed by atoms with van der Waals surface area (Å²) in [5, 5.41) is 12.2. The summed E-state index contributed by atoms with van der Waals surface area (Å²) in [6, 6.07) is 1.64. The fourth-order valence-electron chi connectivity index (χ4n) is 1.79.